The van der Waals surface area contributed by atoms with Crippen LogP contribution in [0.2, 0.25) is 0 Å². The van der Waals surface area contributed by atoms with Crippen molar-refractivity contribution in [2.24, 2.45) is 5.92 Å². The van der Waals surface area contributed by atoms with Gasteiger partial charge in [-0.2, -0.15) is 0 Å². The maximum atomic E-state index is 11.5. The molecule has 0 bridgehead atoms. The number of nitrogens with one attached hydrogen (secondary N) is 1. The Morgan fingerprint density at radius 2 is 2.19 bits per heavy atom. The Kier molecular flexibility index (Phi) is 4.73. The minimum absolute atomic E-state index is 0.00493. The molecule has 0 spiro atoms. The van der Waals surface area contributed by atoms with E-state index in [9.17, 15) is 13.2 Å². The lowest BCUT2D eigenvalue weighted by molar-refractivity contribution is -0.140. The van der Waals surface area contributed by atoms with E-state index in [1.54, 1.807) is 0 Å². The zero-order chi connectivity index (χ0) is 12.2. The number of methoxy groups -OCH3 is 1. The van der Waals surface area contributed by atoms with Gasteiger partial charge in [0.1, 0.15) is 0 Å². The topological polar surface area (TPSA) is 72.5 Å². The van der Waals surface area contributed by atoms with Crippen molar-refractivity contribution in [1.29, 1.82) is 0 Å². The number of ether oxygens (including phenoxy) is 1. The van der Waals surface area contributed by atoms with Crippen LogP contribution in [0.5, 0.6) is 0 Å². The van der Waals surface area contributed by atoms with Crippen molar-refractivity contribution >= 4 is 16.0 Å². The van der Waals surface area contributed by atoms with Crippen LogP contribution >= 0.6 is 0 Å². The molecule has 1 N–H and O–H groups in total. The summed E-state index contributed by atoms with van der Waals surface area (Å²) < 4.78 is 30.2. The molecule has 94 valence electrons. The molecule has 0 radical (unpaired) electrons. The Balaban J connectivity index is 2.22. The molecule has 1 saturated carbocycles. The summed E-state index contributed by atoms with van der Waals surface area (Å²) in [7, 11) is -1.93. The van der Waals surface area contributed by atoms with Crippen molar-refractivity contribution < 1.29 is 17.9 Å². The number of esters is 1. The number of rotatable bonds is 7. The maximum absolute atomic E-state index is 11.5. The SMILES string of the molecule is CCC1CC1NS(=O)(=O)CCCC(=O)OC. The van der Waals surface area contributed by atoms with Gasteiger partial charge >= 0.3 is 5.97 Å². The number of hydrogen-bond donors (Lipinski definition) is 1. The second kappa shape index (κ2) is 5.63. The molecule has 0 heterocycles. The van der Waals surface area contributed by atoms with Gasteiger partial charge in [0.2, 0.25) is 10.0 Å². The summed E-state index contributed by atoms with van der Waals surface area (Å²) in [5, 5.41) is 0. The largest absolute Gasteiger partial charge is 0.469 e. The molecule has 0 amide bonds. The first-order valence-corrected chi connectivity index (χ1v) is 7.20. The lowest BCUT2D eigenvalue weighted by Crippen LogP contribution is -2.29. The first-order chi connectivity index (χ1) is 7.48. The van der Waals surface area contributed by atoms with Crippen molar-refractivity contribution in [3.05, 3.63) is 0 Å². The normalized spacial score (nSPS) is 24.1. The fourth-order valence-corrected chi connectivity index (χ4v) is 3.03. The molecule has 2 unspecified atom stereocenters. The van der Waals surface area contributed by atoms with Crippen LogP contribution in [-0.2, 0) is 19.6 Å². The van der Waals surface area contributed by atoms with Crippen molar-refractivity contribution in [3.63, 3.8) is 0 Å². The van der Waals surface area contributed by atoms with E-state index in [2.05, 4.69) is 16.4 Å². The third-order valence-electron chi connectivity index (χ3n) is 2.80. The van der Waals surface area contributed by atoms with Crippen LogP contribution in [0.4, 0.5) is 0 Å². The second-order valence-corrected chi connectivity index (χ2v) is 6.00. The molecule has 0 aliphatic heterocycles. The summed E-state index contributed by atoms with van der Waals surface area (Å²) in [6.45, 7) is 2.05. The van der Waals surface area contributed by atoms with Crippen LogP contribution in [0.25, 0.3) is 0 Å². The Morgan fingerprint density at radius 1 is 1.50 bits per heavy atom. The van der Waals surface area contributed by atoms with E-state index in [1.165, 1.54) is 7.11 Å². The van der Waals surface area contributed by atoms with Crippen LogP contribution in [0.15, 0.2) is 0 Å². The lowest BCUT2D eigenvalue weighted by Gasteiger charge is -2.05. The van der Waals surface area contributed by atoms with Crippen LogP contribution in [0, 0.1) is 5.92 Å². The highest BCUT2D eigenvalue weighted by Crippen LogP contribution is 2.33. The molecule has 1 aliphatic rings. The van der Waals surface area contributed by atoms with Gasteiger partial charge in [-0.1, -0.05) is 13.3 Å². The molecule has 16 heavy (non-hydrogen) atoms. The third-order valence-corrected chi connectivity index (χ3v) is 4.29. The van der Waals surface area contributed by atoms with Crippen molar-refractivity contribution in [3.8, 4) is 0 Å². The van der Waals surface area contributed by atoms with Crippen LogP contribution < -0.4 is 4.72 Å². The average Bonchev–Trinajstić information content (AvgIpc) is 2.94. The summed E-state index contributed by atoms with van der Waals surface area (Å²) in [4.78, 5) is 10.8. The molecule has 6 heteroatoms. The quantitative estimate of drug-likeness (QED) is 0.673. The molecule has 0 aromatic carbocycles. The van der Waals surface area contributed by atoms with E-state index in [-0.39, 0.29) is 24.2 Å². The van der Waals surface area contributed by atoms with Crippen LogP contribution in [0.3, 0.4) is 0 Å². The van der Waals surface area contributed by atoms with E-state index in [4.69, 9.17) is 0 Å². The maximum Gasteiger partial charge on any atom is 0.305 e. The van der Waals surface area contributed by atoms with Crippen molar-refractivity contribution in [1.82, 2.24) is 4.72 Å². The van der Waals surface area contributed by atoms with Crippen molar-refractivity contribution in [2.45, 2.75) is 38.6 Å². The highest BCUT2D eigenvalue weighted by Gasteiger charge is 2.37. The Hall–Kier alpha value is -0.620. The summed E-state index contributed by atoms with van der Waals surface area (Å²) in [5.74, 6) is 0.123. The summed E-state index contributed by atoms with van der Waals surface area (Å²) in [6, 6.07) is 0.119. The van der Waals surface area contributed by atoms with Gasteiger partial charge in [0, 0.05) is 12.5 Å². The Bertz CT molecular complexity index is 339. The number of hydrogen-bond acceptors (Lipinski definition) is 4. The summed E-state index contributed by atoms with van der Waals surface area (Å²) >= 11 is 0. The lowest BCUT2D eigenvalue weighted by atomic mass is 10.3. The minimum Gasteiger partial charge on any atom is -0.469 e. The van der Waals surface area contributed by atoms with Gasteiger partial charge in [-0.05, 0) is 18.8 Å². The minimum atomic E-state index is -3.22. The molecule has 5 nitrogen and oxygen atoms in total. The van der Waals surface area contributed by atoms with E-state index in [0.29, 0.717) is 12.3 Å². The molecular formula is C10H19NO4S. The van der Waals surface area contributed by atoms with Gasteiger partial charge < -0.3 is 4.74 Å². The van der Waals surface area contributed by atoms with E-state index < -0.39 is 10.0 Å². The first kappa shape index (κ1) is 13.4. The molecule has 1 rings (SSSR count). The standard InChI is InChI=1S/C10H19NO4S/c1-3-8-7-9(8)11-16(13,14)6-4-5-10(12)15-2/h8-9,11H,3-7H2,1-2H3. The fourth-order valence-electron chi connectivity index (χ4n) is 1.64. The van der Waals surface area contributed by atoms with E-state index >= 15 is 0 Å². The van der Waals surface area contributed by atoms with E-state index in [1.807, 2.05) is 0 Å². The molecule has 0 saturated heterocycles. The van der Waals surface area contributed by atoms with Crippen LogP contribution in [-0.4, -0.2) is 33.3 Å². The smallest absolute Gasteiger partial charge is 0.305 e. The summed E-state index contributed by atoms with van der Waals surface area (Å²) in [6.07, 6.45) is 2.41. The zero-order valence-electron chi connectivity index (χ0n) is 9.73. The molecule has 0 aromatic heterocycles. The van der Waals surface area contributed by atoms with Gasteiger partial charge in [0.05, 0.1) is 12.9 Å². The molecular weight excluding hydrogens is 230 g/mol. The highest BCUT2D eigenvalue weighted by molar-refractivity contribution is 7.89. The Labute approximate surface area is 96.6 Å². The third kappa shape index (κ3) is 4.49. The molecule has 0 aromatic rings. The monoisotopic (exact) mass is 249 g/mol. The number of sulfonamides is 1. The van der Waals surface area contributed by atoms with Crippen molar-refractivity contribution in [2.75, 3.05) is 12.9 Å². The molecule has 2 atom stereocenters. The predicted molar refractivity (Wildman–Crippen MR) is 60.4 cm³/mol. The number of carbonyl (C=O) groups excluding carboxylic acids is 1. The average molecular weight is 249 g/mol. The van der Waals surface area contributed by atoms with Gasteiger partial charge in [-0.15, -0.1) is 0 Å². The number of carbonyl (C=O) groups is 1. The highest BCUT2D eigenvalue weighted by atomic mass is 32.2. The van der Waals surface area contributed by atoms with E-state index in [0.717, 1.165) is 12.8 Å². The van der Waals surface area contributed by atoms with Crippen LogP contribution in [0.1, 0.15) is 32.6 Å². The molecule has 1 fully saturated rings. The predicted octanol–water partition coefficient (Wildman–Crippen LogP) is 0.657. The molecule has 1 aliphatic carbocycles. The zero-order valence-corrected chi connectivity index (χ0v) is 10.5. The Morgan fingerprint density at radius 3 is 2.69 bits per heavy atom. The first-order valence-electron chi connectivity index (χ1n) is 5.55. The fraction of sp³-hybridized carbons (Fsp3) is 0.900. The summed E-state index contributed by atoms with van der Waals surface area (Å²) in [5.41, 5.74) is 0. The van der Waals surface area contributed by atoms with Gasteiger partial charge in [0.15, 0.2) is 0 Å². The second-order valence-electron chi connectivity index (χ2n) is 4.13. The van der Waals surface area contributed by atoms with Gasteiger partial charge in [-0.3, -0.25) is 4.79 Å². The van der Waals surface area contributed by atoms with Gasteiger partial charge in [0.25, 0.3) is 0 Å². The van der Waals surface area contributed by atoms with Gasteiger partial charge in [-0.25, -0.2) is 13.1 Å².